The third-order valence-corrected chi connectivity index (χ3v) is 19.4. The molecular weight excluding hydrogens is 1300 g/mol. The maximum absolute atomic E-state index is 13.0. The van der Waals surface area contributed by atoms with Crippen molar-refractivity contribution in [2.45, 2.75) is 411 Å². The van der Waals surface area contributed by atoms with Gasteiger partial charge in [-0.1, -0.05) is 404 Å². The second-order valence-electron chi connectivity index (χ2n) is 30.8. The summed E-state index contributed by atoms with van der Waals surface area (Å²) in [5.41, 5.74) is 0. The number of aliphatic carboxylic acids is 1. The van der Waals surface area contributed by atoms with Crippen LogP contribution in [0.15, 0.2) is 134 Å². The van der Waals surface area contributed by atoms with Crippen molar-refractivity contribution in [3.63, 3.8) is 0 Å². The van der Waals surface area contributed by atoms with Crippen molar-refractivity contribution >= 4 is 17.9 Å². The zero-order valence-electron chi connectivity index (χ0n) is 69.3. The lowest BCUT2D eigenvalue weighted by molar-refractivity contribution is -0.870. The molecular formula is C96H167NO8. The van der Waals surface area contributed by atoms with Crippen LogP contribution in [0.25, 0.3) is 0 Å². The van der Waals surface area contributed by atoms with Crippen LogP contribution < -0.4 is 5.11 Å². The molecule has 0 aliphatic heterocycles. The molecule has 2 unspecified atom stereocenters. The Morgan fingerprint density at radius 3 is 0.810 bits per heavy atom. The van der Waals surface area contributed by atoms with E-state index in [0.29, 0.717) is 23.9 Å². The van der Waals surface area contributed by atoms with Crippen LogP contribution >= 0.6 is 0 Å². The third-order valence-electron chi connectivity index (χ3n) is 19.4. The van der Waals surface area contributed by atoms with Crippen LogP contribution in [-0.2, 0) is 33.3 Å². The van der Waals surface area contributed by atoms with Crippen molar-refractivity contribution in [2.75, 3.05) is 47.5 Å². The van der Waals surface area contributed by atoms with Crippen LogP contribution in [0, 0.1) is 0 Å². The van der Waals surface area contributed by atoms with Crippen LogP contribution in [0.5, 0.6) is 0 Å². The van der Waals surface area contributed by atoms with E-state index in [1.807, 2.05) is 21.1 Å². The number of hydrogen-bond acceptors (Lipinski definition) is 8. The minimum absolute atomic E-state index is 0.144. The molecule has 0 bridgehead atoms. The summed E-state index contributed by atoms with van der Waals surface area (Å²) in [7, 11) is 5.94. The highest BCUT2D eigenvalue weighted by atomic mass is 16.7. The van der Waals surface area contributed by atoms with Crippen LogP contribution in [0.1, 0.15) is 399 Å². The Hall–Kier alpha value is -4.57. The summed E-state index contributed by atoms with van der Waals surface area (Å²) < 4.78 is 22.9. The van der Waals surface area contributed by atoms with Gasteiger partial charge in [0.15, 0.2) is 12.4 Å². The van der Waals surface area contributed by atoms with Crippen molar-refractivity contribution in [1.82, 2.24) is 0 Å². The van der Waals surface area contributed by atoms with E-state index >= 15 is 0 Å². The Morgan fingerprint density at radius 2 is 0.543 bits per heavy atom. The largest absolute Gasteiger partial charge is 0.545 e. The minimum atomic E-state index is -1.63. The number of carbonyl (C=O) groups is 3. The molecule has 0 aromatic rings. The van der Waals surface area contributed by atoms with Gasteiger partial charge in [0.2, 0.25) is 0 Å². The van der Waals surface area contributed by atoms with Crippen molar-refractivity contribution < 1.29 is 42.9 Å². The minimum Gasteiger partial charge on any atom is -0.545 e. The van der Waals surface area contributed by atoms with Crippen LogP contribution in [-0.4, -0.2) is 82.3 Å². The molecule has 0 saturated heterocycles. The smallest absolute Gasteiger partial charge is 0.306 e. The number of carboxylic acid groups (broad SMARTS) is 1. The number of likely N-dealkylation sites (N-methyl/N-ethyl adjacent to an activating group) is 1. The Balaban J connectivity index is 3.98. The first kappa shape index (κ1) is 100. The molecule has 0 radical (unpaired) electrons. The lowest BCUT2D eigenvalue weighted by atomic mass is 10.0. The van der Waals surface area contributed by atoms with Gasteiger partial charge in [-0.25, -0.2) is 0 Å². The molecule has 0 spiro atoms. The normalized spacial score (nSPS) is 13.3. The van der Waals surface area contributed by atoms with Gasteiger partial charge in [0.25, 0.3) is 0 Å². The van der Waals surface area contributed by atoms with Crippen LogP contribution in [0.3, 0.4) is 0 Å². The average molecular weight is 1460 g/mol. The number of ether oxygens (including phenoxy) is 4. The summed E-state index contributed by atoms with van der Waals surface area (Å²) in [5.74, 6) is -2.27. The summed E-state index contributed by atoms with van der Waals surface area (Å²) in [6, 6.07) is 0. The Labute approximate surface area is 650 Å². The van der Waals surface area contributed by atoms with Crippen LogP contribution in [0.2, 0.25) is 0 Å². The number of esters is 2. The number of nitrogens with zero attached hydrogens (tertiary/aromatic N) is 1. The van der Waals surface area contributed by atoms with E-state index in [2.05, 4.69) is 148 Å². The predicted octanol–water partition coefficient (Wildman–Crippen LogP) is 27.8. The molecule has 105 heavy (non-hydrogen) atoms. The monoisotopic (exact) mass is 1460 g/mol. The van der Waals surface area contributed by atoms with Gasteiger partial charge in [-0.05, 0) is 116 Å². The van der Waals surface area contributed by atoms with E-state index in [1.54, 1.807) is 0 Å². The highest BCUT2D eigenvalue weighted by Crippen LogP contribution is 2.19. The quantitative estimate of drug-likeness (QED) is 0.0195. The molecule has 9 heteroatoms. The van der Waals surface area contributed by atoms with Crippen molar-refractivity contribution in [3.05, 3.63) is 134 Å². The number of unbranched alkanes of at least 4 members (excludes halogenated alkanes) is 45. The number of quaternary nitrogens is 1. The lowest BCUT2D eigenvalue weighted by Gasteiger charge is -2.26. The van der Waals surface area contributed by atoms with Gasteiger partial charge in [0, 0.05) is 12.8 Å². The molecule has 0 heterocycles. The molecule has 0 N–H and O–H groups in total. The van der Waals surface area contributed by atoms with Gasteiger partial charge in [0.05, 0.1) is 40.3 Å². The molecule has 2 atom stereocenters. The summed E-state index contributed by atoms with van der Waals surface area (Å²) >= 11 is 0. The molecule has 0 aromatic heterocycles. The molecule has 0 aliphatic rings. The maximum Gasteiger partial charge on any atom is 0.306 e. The van der Waals surface area contributed by atoms with E-state index in [1.165, 1.54) is 257 Å². The fourth-order valence-corrected chi connectivity index (χ4v) is 12.7. The average Bonchev–Trinajstić information content (AvgIpc) is 1.97. The molecule has 0 fully saturated rings. The van der Waals surface area contributed by atoms with Gasteiger partial charge in [-0.3, -0.25) is 9.59 Å². The Kier molecular flexibility index (Phi) is 81.3. The zero-order valence-corrected chi connectivity index (χ0v) is 69.3. The molecule has 0 aliphatic carbocycles. The number of rotatable bonds is 82. The molecule has 9 nitrogen and oxygen atoms in total. The molecule has 0 rings (SSSR count). The standard InChI is InChI=1S/C96H167NO8/c1-6-8-10-12-14-16-18-20-22-24-26-28-30-32-34-36-38-40-42-44-46-47-49-50-52-54-56-58-60-62-64-66-68-70-72-74-76-78-80-82-84-86-93(98)103-90-92(91-104-96(95(100)101)102-89-88-97(3,4)5)105-94(99)87-85-83-81-79-77-75-73-71-69-67-65-63-61-59-57-55-53-51-48-45-43-41-39-37-35-33-31-29-27-25-23-21-19-17-15-13-11-9-7-2/h9,11,15,17-18,20-21,23-24,26-27,29,33,35,39,41,45,48,53,55,59,61,92,96H,6-8,10,12-14,16,19,22,25,28,30-32,34,36-38,40,42-44,46-47,49-52,54,56-58,60,62-91H2,1-5H3/b11-9-,17-15-,20-18-,23-21-,26-24-,29-27-,35-33-,41-39-,48-45-,55-53-,61-59-. The van der Waals surface area contributed by atoms with Gasteiger partial charge in [-0.15, -0.1) is 0 Å². The summed E-state index contributed by atoms with van der Waals surface area (Å²) in [6.07, 6.45) is 120. The third kappa shape index (κ3) is 86.5. The van der Waals surface area contributed by atoms with Gasteiger partial charge < -0.3 is 33.3 Å². The number of allylic oxidation sites excluding steroid dienone is 22. The van der Waals surface area contributed by atoms with E-state index < -0.39 is 24.3 Å². The van der Waals surface area contributed by atoms with E-state index in [9.17, 15) is 19.5 Å². The van der Waals surface area contributed by atoms with E-state index in [0.717, 1.165) is 109 Å². The topological polar surface area (TPSA) is 111 Å². The zero-order chi connectivity index (χ0) is 76.0. The first-order valence-electron chi connectivity index (χ1n) is 44.3. The van der Waals surface area contributed by atoms with Gasteiger partial charge >= 0.3 is 11.9 Å². The number of carboxylic acids is 1. The first-order chi connectivity index (χ1) is 51.6. The van der Waals surface area contributed by atoms with Gasteiger partial charge in [-0.2, -0.15) is 0 Å². The second kappa shape index (κ2) is 85.0. The van der Waals surface area contributed by atoms with Crippen LogP contribution in [0.4, 0.5) is 0 Å². The maximum atomic E-state index is 13.0. The predicted molar refractivity (Wildman–Crippen MR) is 453 cm³/mol. The molecule has 604 valence electrons. The number of hydrogen-bond donors (Lipinski definition) is 0. The SMILES string of the molecule is CC/C=C\C/C=C\C/C=C\C/C=C\C/C=C\C/C=C\C/C=C\C/C=C\C/C=C\CCCCCCCCCCCCCC(=O)OC(COC(=O)CCCCCCCCCCCCCCCCCCCCCCCCCCCCCCC/C=C\C/C=C\CCCCCCC)COC(OCC[N+](C)(C)C)C(=O)[O-]. The fraction of sp³-hybridized carbons (Fsp3) is 0.740. The van der Waals surface area contributed by atoms with Crippen molar-refractivity contribution in [1.29, 1.82) is 0 Å². The summed E-state index contributed by atoms with van der Waals surface area (Å²) in [4.78, 5) is 37.7. The highest BCUT2D eigenvalue weighted by molar-refractivity contribution is 5.70. The molecule has 0 amide bonds. The Morgan fingerprint density at radius 1 is 0.295 bits per heavy atom. The number of carbonyl (C=O) groups excluding carboxylic acids is 3. The lowest BCUT2D eigenvalue weighted by Crippen LogP contribution is -2.44. The summed E-state index contributed by atoms with van der Waals surface area (Å²) in [6.45, 7) is 4.66. The first-order valence-corrected chi connectivity index (χ1v) is 44.3. The highest BCUT2D eigenvalue weighted by Gasteiger charge is 2.22. The fourth-order valence-electron chi connectivity index (χ4n) is 12.7. The van der Waals surface area contributed by atoms with E-state index in [-0.39, 0.29) is 32.2 Å². The van der Waals surface area contributed by atoms with Crippen molar-refractivity contribution in [3.8, 4) is 0 Å². The summed E-state index contributed by atoms with van der Waals surface area (Å²) in [5, 5.41) is 11.9. The molecule has 0 aromatic carbocycles. The van der Waals surface area contributed by atoms with Gasteiger partial charge in [0.1, 0.15) is 13.2 Å². The van der Waals surface area contributed by atoms with E-state index in [4.69, 9.17) is 18.9 Å². The molecule has 0 saturated carbocycles. The Bertz CT molecular complexity index is 2200. The van der Waals surface area contributed by atoms with Crippen molar-refractivity contribution in [2.24, 2.45) is 0 Å². The second-order valence-corrected chi connectivity index (χ2v) is 30.8.